The third-order valence-electron chi connectivity index (χ3n) is 12.3. The number of esters is 1. The summed E-state index contributed by atoms with van der Waals surface area (Å²) in [6.07, 6.45) is 2.71. The molecule has 4 rings (SSSR count). The molecule has 0 aromatic rings. The minimum absolute atomic E-state index is 0.0000817. The summed E-state index contributed by atoms with van der Waals surface area (Å²) in [4.78, 5) is 53.6. The number of Topliss-reactive ketones (excluding diaryl/α,β-unsaturated/α-hetero) is 3. The van der Waals surface area contributed by atoms with Crippen molar-refractivity contribution >= 4 is 23.3 Å². The van der Waals surface area contributed by atoms with Gasteiger partial charge in [0.2, 0.25) is 0 Å². The molecule has 41 heavy (non-hydrogen) atoms. The van der Waals surface area contributed by atoms with E-state index in [4.69, 9.17) is 4.74 Å². The topological polar surface area (TPSA) is 118 Å². The van der Waals surface area contributed by atoms with Crippen molar-refractivity contribution in [2.24, 2.45) is 45.3 Å². The molecule has 0 aliphatic heterocycles. The van der Waals surface area contributed by atoms with Crippen LogP contribution in [-0.2, 0) is 23.9 Å². The van der Waals surface area contributed by atoms with Crippen molar-refractivity contribution in [3.8, 4) is 0 Å². The smallest absolute Gasteiger partial charge is 0.309 e. The van der Waals surface area contributed by atoms with Crippen LogP contribution < -0.4 is 0 Å². The molecule has 4 aliphatic carbocycles. The van der Waals surface area contributed by atoms with Gasteiger partial charge in [0.05, 0.1) is 30.1 Å². The summed E-state index contributed by atoms with van der Waals surface area (Å²) >= 11 is 0. The van der Waals surface area contributed by atoms with Gasteiger partial charge in [-0.05, 0) is 72.2 Å². The van der Waals surface area contributed by atoms with Crippen LogP contribution >= 0.6 is 0 Å². The molecule has 0 aromatic heterocycles. The number of unbranched alkanes of at least 4 members (excludes halogenated alkanes) is 1. The Morgan fingerprint density at radius 1 is 1.05 bits per heavy atom. The number of hydrogen-bond acceptors (Lipinski definition) is 7. The Balaban J connectivity index is 1.61. The van der Waals surface area contributed by atoms with Gasteiger partial charge in [-0.25, -0.2) is 0 Å². The molecule has 0 radical (unpaired) electrons. The van der Waals surface area contributed by atoms with Crippen LogP contribution in [0.3, 0.4) is 0 Å². The number of fused-ring (bicyclic) bond motifs is 4. The quantitative estimate of drug-likeness (QED) is 0.281. The van der Waals surface area contributed by atoms with E-state index in [9.17, 15) is 29.4 Å². The Bertz CT molecular complexity index is 1140. The number of hydrogen-bond donors (Lipinski definition) is 2. The average Bonchev–Trinajstić information content (AvgIpc) is 3.08. The van der Waals surface area contributed by atoms with E-state index >= 15 is 0 Å². The predicted molar refractivity (Wildman–Crippen MR) is 156 cm³/mol. The highest BCUT2D eigenvalue weighted by atomic mass is 16.5. The molecule has 4 aliphatic rings. The number of rotatable bonds is 9. The van der Waals surface area contributed by atoms with Gasteiger partial charge in [-0.3, -0.25) is 19.2 Å². The summed E-state index contributed by atoms with van der Waals surface area (Å²) in [5, 5.41) is 22.5. The van der Waals surface area contributed by atoms with Crippen LogP contribution in [0.25, 0.3) is 0 Å². The van der Waals surface area contributed by atoms with E-state index in [-0.39, 0.29) is 66.8 Å². The number of ketones is 3. The van der Waals surface area contributed by atoms with Crippen LogP contribution in [0, 0.1) is 45.3 Å². The molecule has 7 heteroatoms. The van der Waals surface area contributed by atoms with Gasteiger partial charge in [0.1, 0.15) is 11.6 Å². The molecule has 7 nitrogen and oxygen atoms in total. The Morgan fingerprint density at radius 2 is 1.71 bits per heavy atom. The van der Waals surface area contributed by atoms with E-state index < -0.39 is 39.8 Å². The maximum absolute atomic E-state index is 14.2. The molecular formula is C34H52O7. The number of ether oxygens (including phenoxy) is 1. The number of aliphatic hydroxyl groups is 2. The largest absolute Gasteiger partial charge is 0.465 e. The third-order valence-corrected chi connectivity index (χ3v) is 12.3. The zero-order valence-corrected chi connectivity index (χ0v) is 26.5. The fourth-order valence-electron chi connectivity index (χ4n) is 9.57. The Hall–Kier alpha value is -1.86. The molecule has 0 aromatic carbocycles. The summed E-state index contributed by atoms with van der Waals surface area (Å²) in [6, 6.07) is 0. The molecule has 2 saturated carbocycles. The molecule has 0 saturated heterocycles. The molecule has 9 atom stereocenters. The van der Waals surface area contributed by atoms with Crippen molar-refractivity contribution in [2.45, 2.75) is 125 Å². The van der Waals surface area contributed by atoms with Gasteiger partial charge in [-0.15, -0.1) is 0 Å². The van der Waals surface area contributed by atoms with Crippen LogP contribution in [0.2, 0.25) is 0 Å². The van der Waals surface area contributed by atoms with Gasteiger partial charge < -0.3 is 14.9 Å². The van der Waals surface area contributed by atoms with E-state index in [0.29, 0.717) is 37.0 Å². The van der Waals surface area contributed by atoms with Crippen molar-refractivity contribution < 1.29 is 34.1 Å². The lowest BCUT2D eigenvalue weighted by atomic mass is 9.42. The summed E-state index contributed by atoms with van der Waals surface area (Å²) in [5.74, 6) is -1.33. The number of aliphatic hydroxyl groups excluding tert-OH is 2. The predicted octanol–water partition coefficient (Wildman–Crippen LogP) is 5.39. The Labute approximate surface area is 245 Å². The second kappa shape index (κ2) is 11.0. The Morgan fingerprint density at radius 3 is 2.34 bits per heavy atom. The van der Waals surface area contributed by atoms with Gasteiger partial charge in [-0.1, -0.05) is 54.9 Å². The van der Waals surface area contributed by atoms with E-state index in [2.05, 4.69) is 6.92 Å². The zero-order chi connectivity index (χ0) is 30.7. The molecule has 0 unspecified atom stereocenters. The average molecular weight is 573 g/mol. The fourth-order valence-corrected chi connectivity index (χ4v) is 9.57. The van der Waals surface area contributed by atoms with Crippen LogP contribution in [0.1, 0.15) is 113 Å². The third kappa shape index (κ3) is 4.87. The van der Waals surface area contributed by atoms with Crippen molar-refractivity contribution in [3.63, 3.8) is 0 Å². The maximum Gasteiger partial charge on any atom is 0.309 e. The molecule has 0 spiro atoms. The first-order valence-electron chi connectivity index (χ1n) is 15.8. The lowest BCUT2D eigenvalue weighted by molar-refractivity contribution is -0.149. The Kier molecular flexibility index (Phi) is 8.61. The lowest BCUT2D eigenvalue weighted by Gasteiger charge is -2.61. The SMILES string of the molecule is CCCCOC(=O)[C@H](C)CC(=O)C[C@@H](C)[C@H]1CC(=O)[C@@]2(C)C3=C(C(=O)C[C@]12C)[C@@]1(C)CC[C@H](O)C(C)(C)[C@@H]1C[C@@H]3O. The van der Waals surface area contributed by atoms with E-state index in [1.54, 1.807) is 6.92 Å². The van der Waals surface area contributed by atoms with Crippen LogP contribution in [-0.4, -0.2) is 52.3 Å². The number of carbonyl (C=O) groups excluding carboxylic acids is 4. The van der Waals surface area contributed by atoms with E-state index in [1.807, 2.05) is 41.5 Å². The first-order chi connectivity index (χ1) is 19.0. The van der Waals surface area contributed by atoms with Gasteiger partial charge >= 0.3 is 5.97 Å². The number of carbonyl (C=O) groups is 4. The first kappa shape index (κ1) is 32.1. The normalized spacial score (nSPS) is 39.5. The molecule has 2 N–H and O–H groups in total. The highest BCUT2D eigenvalue weighted by Crippen LogP contribution is 2.70. The van der Waals surface area contributed by atoms with Gasteiger partial charge in [-0.2, -0.15) is 0 Å². The molecular weight excluding hydrogens is 520 g/mol. The maximum atomic E-state index is 14.2. The van der Waals surface area contributed by atoms with Gasteiger partial charge in [0.15, 0.2) is 5.78 Å². The number of allylic oxidation sites excluding steroid dienone is 1. The van der Waals surface area contributed by atoms with Crippen LogP contribution in [0.15, 0.2) is 11.1 Å². The lowest BCUT2D eigenvalue weighted by Crippen LogP contribution is -2.60. The molecule has 0 bridgehead atoms. The molecule has 2 fully saturated rings. The van der Waals surface area contributed by atoms with Crippen molar-refractivity contribution in [3.05, 3.63) is 11.1 Å². The highest BCUT2D eigenvalue weighted by molar-refractivity contribution is 6.05. The summed E-state index contributed by atoms with van der Waals surface area (Å²) < 4.78 is 5.28. The van der Waals surface area contributed by atoms with Crippen molar-refractivity contribution in [1.82, 2.24) is 0 Å². The van der Waals surface area contributed by atoms with Crippen LogP contribution in [0.5, 0.6) is 0 Å². The van der Waals surface area contributed by atoms with E-state index in [0.717, 1.165) is 12.8 Å². The molecule has 0 amide bonds. The van der Waals surface area contributed by atoms with Crippen LogP contribution in [0.4, 0.5) is 0 Å². The zero-order valence-electron chi connectivity index (χ0n) is 26.5. The monoisotopic (exact) mass is 572 g/mol. The summed E-state index contributed by atoms with van der Waals surface area (Å²) in [7, 11) is 0. The van der Waals surface area contributed by atoms with Gasteiger partial charge in [0.25, 0.3) is 0 Å². The fraction of sp³-hybridized carbons (Fsp3) is 0.824. The highest BCUT2D eigenvalue weighted by Gasteiger charge is 2.70. The molecule has 230 valence electrons. The van der Waals surface area contributed by atoms with Crippen molar-refractivity contribution in [2.75, 3.05) is 6.61 Å². The summed E-state index contributed by atoms with van der Waals surface area (Å²) in [6.45, 7) is 16.2. The minimum Gasteiger partial charge on any atom is -0.465 e. The second-order valence-corrected chi connectivity index (χ2v) is 15.1. The van der Waals surface area contributed by atoms with E-state index in [1.165, 1.54) is 0 Å². The van der Waals surface area contributed by atoms with Gasteiger partial charge in [0, 0.05) is 31.3 Å². The molecule has 0 heterocycles. The van der Waals surface area contributed by atoms with Crippen molar-refractivity contribution in [1.29, 1.82) is 0 Å². The minimum atomic E-state index is -0.998. The second-order valence-electron chi connectivity index (χ2n) is 15.1. The standard InChI is InChI=1S/C34H52O7/c1-9-10-13-41-30(40)20(3)15-21(35)14-19(2)22-16-27(39)34(8)29-23(36)17-25-31(4,5)26(38)11-12-32(25,6)28(29)24(37)18-33(22,34)7/h19-20,22-23,25-26,36,38H,9-18H2,1-8H3/t19-,20-,22-,23+,25+,26+,32+,33-,34+/m1/s1. The summed E-state index contributed by atoms with van der Waals surface area (Å²) in [5.41, 5.74) is -1.46. The first-order valence-corrected chi connectivity index (χ1v) is 15.8.